The summed E-state index contributed by atoms with van der Waals surface area (Å²) in [4.78, 5) is 0. The van der Waals surface area contributed by atoms with Crippen LogP contribution >= 0.6 is 0 Å². The lowest BCUT2D eigenvalue weighted by atomic mass is 10.1. The van der Waals surface area contributed by atoms with Gasteiger partial charge in [0.05, 0.1) is 18.0 Å². The Hall–Kier alpha value is -1.75. The second-order valence-electron chi connectivity index (χ2n) is 3.43. The summed E-state index contributed by atoms with van der Waals surface area (Å²) in [5.41, 5.74) is 1.64. The molecule has 1 heterocycles. The number of aromatic nitrogens is 2. The highest BCUT2D eigenvalue weighted by atomic mass is 19.2. The minimum absolute atomic E-state index is 0.183. The average Bonchev–Trinajstić information content (AvgIpc) is 2.64. The van der Waals surface area contributed by atoms with Crippen molar-refractivity contribution in [2.45, 2.75) is 6.61 Å². The van der Waals surface area contributed by atoms with Crippen molar-refractivity contribution in [1.29, 1.82) is 0 Å². The minimum atomic E-state index is -0.899. The number of rotatable bonds is 2. The van der Waals surface area contributed by atoms with Crippen molar-refractivity contribution >= 4 is 0 Å². The summed E-state index contributed by atoms with van der Waals surface area (Å²) >= 11 is 0. The molecule has 0 aliphatic rings. The average molecular weight is 224 g/mol. The first-order valence-electron chi connectivity index (χ1n) is 4.71. The van der Waals surface area contributed by atoms with Crippen molar-refractivity contribution in [1.82, 2.24) is 9.78 Å². The van der Waals surface area contributed by atoms with Gasteiger partial charge in [-0.25, -0.2) is 8.78 Å². The zero-order chi connectivity index (χ0) is 11.7. The van der Waals surface area contributed by atoms with Gasteiger partial charge >= 0.3 is 0 Å². The van der Waals surface area contributed by atoms with Crippen molar-refractivity contribution in [3.63, 3.8) is 0 Å². The van der Waals surface area contributed by atoms with Gasteiger partial charge < -0.3 is 5.11 Å². The number of benzene rings is 1. The molecule has 3 nitrogen and oxygen atoms in total. The highest BCUT2D eigenvalue weighted by molar-refractivity contribution is 5.60. The number of aliphatic hydroxyl groups is 1. The second-order valence-corrected chi connectivity index (χ2v) is 3.43. The summed E-state index contributed by atoms with van der Waals surface area (Å²) in [5.74, 6) is -1.78. The summed E-state index contributed by atoms with van der Waals surface area (Å²) in [5, 5.41) is 12.9. The molecule has 0 atom stereocenters. The largest absolute Gasteiger partial charge is 0.390 e. The van der Waals surface area contributed by atoms with Gasteiger partial charge in [0.25, 0.3) is 0 Å². The van der Waals surface area contributed by atoms with Crippen LogP contribution in [0.25, 0.3) is 11.3 Å². The molecule has 0 spiro atoms. The Balaban J connectivity index is 2.49. The number of aliphatic hydroxyl groups excluding tert-OH is 1. The van der Waals surface area contributed by atoms with Crippen LogP contribution in [0.5, 0.6) is 0 Å². The van der Waals surface area contributed by atoms with Gasteiger partial charge in [-0.3, -0.25) is 4.68 Å². The van der Waals surface area contributed by atoms with Gasteiger partial charge in [-0.15, -0.1) is 0 Å². The van der Waals surface area contributed by atoms with E-state index in [9.17, 15) is 8.78 Å². The molecule has 0 radical (unpaired) electrons. The fourth-order valence-electron chi connectivity index (χ4n) is 1.53. The van der Waals surface area contributed by atoms with Crippen LogP contribution in [0, 0.1) is 11.6 Å². The zero-order valence-corrected chi connectivity index (χ0v) is 8.61. The molecule has 0 fully saturated rings. The third kappa shape index (κ3) is 1.81. The van der Waals surface area contributed by atoms with Crippen LogP contribution in [0.3, 0.4) is 0 Å². The SMILES string of the molecule is Cn1nc(CO)cc1-c1ccc(F)c(F)c1. The van der Waals surface area contributed by atoms with E-state index >= 15 is 0 Å². The molecule has 0 aliphatic heterocycles. The van der Waals surface area contributed by atoms with Crippen molar-refractivity contribution in [2.75, 3.05) is 0 Å². The Labute approximate surface area is 91.0 Å². The molecule has 1 aromatic carbocycles. The van der Waals surface area contributed by atoms with E-state index in [-0.39, 0.29) is 6.61 Å². The topological polar surface area (TPSA) is 38.0 Å². The van der Waals surface area contributed by atoms with Gasteiger partial charge in [0.15, 0.2) is 11.6 Å². The van der Waals surface area contributed by atoms with E-state index in [0.717, 1.165) is 12.1 Å². The molecule has 0 unspecified atom stereocenters. The van der Waals surface area contributed by atoms with Crippen molar-refractivity contribution in [3.05, 3.63) is 41.6 Å². The minimum Gasteiger partial charge on any atom is -0.390 e. The van der Waals surface area contributed by atoms with Gasteiger partial charge in [0.1, 0.15) is 0 Å². The maximum absolute atomic E-state index is 13.0. The van der Waals surface area contributed by atoms with Crippen LogP contribution < -0.4 is 0 Å². The lowest BCUT2D eigenvalue weighted by Crippen LogP contribution is -1.95. The Morgan fingerprint density at radius 2 is 2.00 bits per heavy atom. The third-order valence-electron chi connectivity index (χ3n) is 2.31. The predicted octanol–water partition coefficient (Wildman–Crippen LogP) is 1.86. The van der Waals surface area contributed by atoms with Crippen LogP contribution in [0.1, 0.15) is 5.69 Å². The molecule has 2 aromatic rings. The molecule has 0 saturated heterocycles. The summed E-state index contributed by atoms with van der Waals surface area (Å²) in [6, 6.07) is 5.27. The zero-order valence-electron chi connectivity index (χ0n) is 8.61. The maximum Gasteiger partial charge on any atom is 0.159 e. The molecule has 0 bridgehead atoms. The monoisotopic (exact) mass is 224 g/mol. The van der Waals surface area contributed by atoms with Crippen LogP contribution in [0.2, 0.25) is 0 Å². The quantitative estimate of drug-likeness (QED) is 0.845. The van der Waals surface area contributed by atoms with Gasteiger partial charge in [-0.05, 0) is 24.3 Å². The third-order valence-corrected chi connectivity index (χ3v) is 2.31. The lowest BCUT2D eigenvalue weighted by molar-refractivity contribution is 0.275. The molecule has 1 N–H and O–H groups in total. The van der Waals surface area contributed by atoms with E-state index in [1.54, 1.807) is 13.1 Å². The van der Waals surface area contributed by atoms with Crippen LogP contribution in [0.15, 0.2) is 24.3 Å². The Morgan fingerprint density at radius 1 is 1.25 bits per heavy atom. The summed E-state index contributed by atoms with van der Waals surface area (Å²) in [6.45, 7) is -0.183. The lowest BCUT2D eigenvalue weighted by Gasteiger charge is -2.02. The first-order valence-corrected chi connectivity index (χ1v) is 4.71. The van der Waals surface area contributed by atoms with Gasteiger partial charge in [-0.2, -0.15) is 5.10 Å². The van der Waals surface area contributed by atoms with E-state index < -0.39 is 11.6 Å². The molecular formula is C11H10F2N2O. The van der Waals surface area contributed by atoms with E-state index in [1.807, 2.05) is 0 Å². The highest BCUT2D eigenvalue weighted by Crippen LogP contribution is 2.21. The Bertz CT molecular complexity index is 523. The summed E-state index contributed by atoms with van der Waals surface area (Å²) in [6.07, 6.45) is 0. The molecule has 0 aliphatic carbocycles. The first-order chi connectivity index (χ1) is 7.61. The fourth-order valence-corrected chi connectivity index (χ4v) is 1.53. The normalized spacial score (nSPS) is 10.8. The molecule has 16 heavy (non-hydrogen) atoms. The van der Waals surface area contributed by atoms with Crippen molar-refractivity contribution in [3.8, 4) is 11.3 Å². The summed E-state index contributed by atoms with van der Waals surface area (Å²) in [7, 11) is 1.68. The number of aryl methyl sites for hydroxylation is 1. The van der Waals surface area contributed by atoms with E-state index in [0.29, 0.717) is 17.0 Å². The van der Waals surface area contributed by atoms with Gasteiger partial charge in [0, 0.05) is 12.6 Å². The molecule has 0 amide bonds. The number of hydrogen-bond acceptors (Lipinski definition) is 2. The number of halogens is 2. The first kappa shape index (κ1) is 10.8. The predicted molar refractivity (Wildman–Crippen MR) is 54.5 cm³/mol. The van der Waals surface area contributed by atoms with Gasteiger partial charge in [-0.1, -0.05) is 0 Å². The van der Waals surface area contributed by atoms with Gasteiger partial charge in [0.2, 0.25) is 0 Å². The van der Waals surface area contributed by atoms with E-state index in [4.69, 9.17) is 5.11 Å². The molecule has 84 valence electrons. The highest BCUT2D eigenvalue weighted by Gasteiger charge is 2.09. The molecule has 1 aromatic heterocycles. The maximum atomic E-state index is 13.0. The van der Waals surface area contributed by atoms with Crippen molar-refractivity contribution in [2.24, 2.45) is 7.05 Å². The number of hydrogen-bond donors (Lipinski definition) is 1. The standard InChI is InChI=1S/C11H10F2N2O/c1-15-11(5-8(6-16)14-15)7-2-3-9(12)10(13)4-7/h2-5,16H,6H2,1H3. The smallest absolute Gasteiger partial charge is 0.159 e. The second kappa shape index (κ2) is 4.02. The van der Waals surface area contributed by atoms with Crippen LogP contribution in [0.4, 0.5) is 8.78 Å². The molecule has 2 rings (SSSR count). The molecular weight excluding hydrogens is 214 g/mol. The number of nitrogens with zero attached hydrogens (tertiary/aromatic N) is 2. The molecule has 5 heteroatoms. The fraction of sp³-hybridized carbons (Fsp3) is 0.182. The summed E-state index contributed by atoms with van der Waals surface area (Å²) < 4.78 is 27.3. The van der Waals surface area contributed by atoms with E-state index in [1.165, 1.54) is 10.7 Å². The molecule has 0 saturated carbocycles. The Morgan fingerprint density at radius 3 is 2.56 bits per heavy atom. The van der Waals surface area contributed by atoms with E-state index in [2.05, 4.69) is 5.10 Å². The van der Waals surface area contributed by atoms with Crippen molar-refractivity contribution < 1.29 is 13.9 Å². The van der Waals surface area contributed by atoms with Crippen LogP contribution in [-0.4, -0.2) is 14.9 Å². The van der Waals surface area contributed by atoms with Crippen LogP contribution in [-0.2, 0) is 13.7 Å². The Kier molecular flexibility index (Phi) is 2.70.